The SMILES string of the molecule is CCOC(=O)C(=C=[N-])/C=C(/C(=O)c1ccc(OC)cc1)[n+]1ccc(OC)cc1. The first kappa shape index (κ1) is 20.6. The molecule has 1 heterocycles. The average Bonchev–Trinajstić information content (AvgIpc) is 2.74. The number of aromatic nitrogens is 1. The summed E-state index contributed by atoms with van der Waals surface area (Å²) >= 11 is 0. The third kappa shape index (κ3) is 4.93. The van der Waals surface area contributed by atoms with Crippen LogP contribution < -0.4 is 14.0 Å². The van der Waals surface area contributed by atoms with Gasteiger partial charge in [0.05, 0.1) is 26.4 Å². The van der Waals surface area contributed by atoms with Gasteiger partial charge in [-0.15, -0.1) is 0 Å². The van der Waals surface area contributed by atoms with Crippen LogP contribution in [0.4, 0.5) is 0 Å². The minimum Gasteiger partial charge on any atom is -0.763 e. The highest BCUT2D eigenvalue weighted by atomic mass is 16.5. The number of rotatable bonds is 8. The van der Waals surface area contributed by atoms with E-state index in [0.29, 0.717) is 17.1 Å². The summed E-state index contributed by atoms with van der Waals surface area (Å²) in [6.07, 6.45) is 4.43. The molecule has 7 heteroatoms. The highest BCUT2D eigenvalue weighted by Crippen LogP contribution is 2.16. The predicted molar refractivity (Wildman–Crippen MR) is 103 cm³/mol. The summed E-state index contributed by atoms with van der Waals surface area (Å²) in [5.74, 6) is 1.82. The molecule has 0 spiro atoms. The number of esters is 1. The number of benzene rings is 1. The van der Waals surface area contributed by atoms with Crippen molar-refractivity contribution in [3.05, 3.63) is 71.4 Å². The fourth-order valence-electron chi connectivity index (χ4n) is 2.34. The monoisotopic (exact) mass is 380 g/mol. The molecule has 0 aliphatic rings. The molecule has 0 amide bonds. The second kappa shape index (κ2) is 9.85. The molecule has 2 rings (SSSR count). The first-order valence-corrected chi connectivity index (χ1v) is 8.44. The number of hydrogen-bond acceptors (Lipinski definition) is 5. The Hall–Kier alpha value is -3.70. The Morgan fingerprint density at radius 3 is 2.11 bits per heavy atom. The minimum absolute atomic E-state index is 0.109. The van der Waals surface area contributed by atoms with Crippen molar-refractivity contribution in [2.24, 2.45) is 0 Å². The third-order valence-corrected chi connectivity index (χ3v) is 3.79. The van der Waals surface area contributed by atoms with Crippen molar-refractivity contribution in [2.75, 3.05) is 20.8 Å². The van der Waals surface area contributed by atoms with Crippen LogP contribution in [0.25, 0.3) is 11.1 Å². The van der Waals surface area contributed by atoms with E-state index in [9.17, 15) is 15.0 Å². The number of methoxy groups -OCH3 is 2. The summed E-state index contributed by atoms with van der Waals surface area (Å²) in [7, 11) is 3.06. The number of pyridine rings is 1. The number of Topliss-reactive ketones (excluding diaryl/α,β-unsaturated/α-hetero) is 1. The maximum Gasteiger partial charge on any atom is 0.344 e. The van der Waals surface area contributed by atoms with Crippen LogP contribution in [0.2, 0.25) is 0 Å². The largest absolute Gasteiger partial charge is 0.763 e. The van der Waals surface area contributed by atoms with E-state index < -0.39 is 5.97 Å². The van der Waals surface area contributed by atoms with Crippen LogP contribution in [0.1, 0.15) is 17.3 Å². The van der Waals surface area contributed by atoms with Gasteiger partial charge < -0.3 is 19.6 Å². The molecule has 0 unspecified atom stereocenters. The number of ketones is 1. The lowest BCUT2D eigenvalue weighted by molar-refractivity contribution is -0.576. The average molecular weight is 380 g/mol. The molecule has 0 aliphatic carbocycles. The summed E-state index contributed by atoms with van der Waals surface area (Å²) in [5.41, 5.74) is 0.205. The normalized spacial score (nSPS) is 10.6. The first-order chi connectivity index (χ1) is 13.5. The van der Waals surface area contributed by atoms with E-state index in [4.69, 9.17) is 14.2 Å². The molecule has 7 nitrogen and oxygen atoms in total. The quantitative estimate of drug-likeness (QED) is 0.175. The van der Waals surface area contributed by atoms with Crippen LogP contribution in [0, 0.1) is 0 Å². The standard InChI is InChI=1S/C21H20N2O5/c1-4-28-21(25)16(14-22)13-19(23-11-9-18(27-3)10-12-23)20(24)15-5-7-17(26-2)8-6-15/h5-13H,4H2,1-3H3/b19-13-. The Morgan fingerprint density at radius 1 is 1.04 bits per heavy atom. The van der Waals surface area contributed by atoms with E-state index in [1.165, 1.54) is 24.9 Å². The minimum atomic E-state index is -0.792. The summed E-state index contributed by atoms with van der Waals surface area (Å²) < 4.78 is 16.6. The molecule has 1 aromatic carbocycles. The van der Waals surface area contributed by atoms with Crippen LogP contribution in [-0.4, -0.2) is 38.4 Å². The molecular formula is C21H20N2O5. The Morgan fingerprint density at radius 2 is 1.61 bits per heavy atom. The zero-order chi connectivity index (χ0) is 20.5. The van der Waals surface area contributed by atoms with Gasteiger partial charge in [-0.05, 0) is 31.2 Å². The molecule has 28 heavy (non-hydrogen) atoms. The van der Waals surface area contributed by atoms with E-state index in [1.807, 2.05) is 0 Å². The summed E-state index contributed by atoms with van der Waals surface area (Å²) in [6, 6.07) is 9.84. The second-order valence-electron chi connectivity index (χ2n) is 5.48. The van der Waals surface area contributed by atoms with Gasteiger partial charge in [0.25, 0.3) is 11.5 Å². The van der Waals surface area contributed by atoms with Gasteiger partial charge in [0, 0.05) is 23.8 Å². The van der Waals surface area contributed by atoms with Gasteiger partial charge in [-0.3, -0.25) is 10.7 Å². The van der Waals surface area contributed by atoms with Gasteiger partial charge in [-0.2, -0.15) is 4.57 Å². The molecule has 1 aromatic heterocycles. The number of hydrogen-bond donors (Lipinski definition) is 0. The molecular weight excluding hydrogens is 360 g/mol. The van der Waals surface area contributed by atoms with Crippen molar-refractivity contribution >= 4 is 23.3 Å². The topological polar surface area (TPSA) is 88.0 Å². The Balaban J connectivity index is 2.53. The zero-order valence-electron chi connectivity index (χ0n) is 15.8. The number of carbonyl (C=O) groups excluding carboxylic acids is 2. The Kier molecular flexibility index (Phi) is 7.25. The van der Waals surface area contributed by atoms with Gasteiger partial charge >= 0.3 is 5.97 Å². The number of allylic oxidation sites excluding steroid dienone is 1. The summed E-state index contributed by atoms with van der Waals surface area (Å²) in [6.45, 7) is 1.76. The van der Waals surface area contributed by atoms with Gasteiger partial charge in [0.15, 0.2) is 12.4 Å². The Bertz CT molecular complexity index is 924. The van der Waals surface area contributed by atoms with Crippen molar-refractivity contribution in [1.29, 1.82) is 0 Å². The van der Waals surface area contributed by atoms with Crippen molar-refractivity contribution in [3.8, 4) is 11.5 Å². The molecule has 0 N–H and O–H groups in total. The lowest BCUT2D eigenvalue weighted by Crippen LogP contribution is -2.36. The van der Waals surface area contributed by atoms with Gasteiger partial charge in [0.1, 0.15) is 11.5 Å². The lowest BCUT2D eigenvalue weighted by atomic mass is 10.1. The maximum atomic E-state index is 13.1. The second-order valence-corrected chi connectivity index (χ2v) is 5.48. The fourth-order valence-corrected chi connectivity index (χ4v) is 2.34. The van der Waals surface area contributed by atoms with Crippen molar-refractivity contribution < 1.29 is 28.4 Å². The van der Waals surface area contributed by atoms with Crippen LogP contribution in [-0.2, 0) is 9.53 Å². The maximum absolute atomic E-state index is 13.1. The number of carbonyl (C=O) groups is 2. The van der Waals surface area contributed by atoms with Crippen LogP contribution in [0.5, 0.6) is 11.5 Å². The van der Waals surface area contributed by atoms with Crippen LogP contribution in [0.15, 0.2) is 60.4 Å². The third-order valence-electron chi connectivity index (χ3n) is 3.79. The highest BCUT2D eigenvalue weighted by Gasteiger charge is 2.24. The molecule has 0 fully saturated rings. The fraction of sp³-hybridized carbons (Fsp3) is 0.190. The molecule has 0 saturated heterocycles. The zero-order valence-corrected chi connectivity index (χ0v) is 15.8. The molecule has 0 bridgehead atoms. The van der Waals surface area contributed by atoms with E-state index in [-0.39, 0.29) is 23.7 Å². The molecule has 0 aliphatic heterocycles. The number of ether oxygens (including phenoxy) is 3. The van der Waals surface area contributed by atoms with E-state index in [2.05, 4.69) is 0 Å². The molecule has 144 valence electrons. The summed E-state index contributed by atoms with van der Waals surface area (Å²) in [5, 5.41) is 9.33. The van der Waals surface area contributed by atoms with E-state index >= 15 is 0 Å². The highest BCUT2D eigenvalue weighted by molar-refractivity contribution is 6.23. The van der Waals surface area contributed by atoms with Gasteiger partial charge in [-0.25, -0.2) is 4.79 Å². The Labute approximate surface area is 163 Å². The van der Waals surface area contributed by atoms with Gasteiger partial charge in [-0.1, -0.05) is 0 Å². The van der Waals surface area contributed by atoms with Crippen molar-refractivity contribution in [3.63, 3.8) is 0 Å². The number of nitrogens with zero attached hydrogens (tertiary/aromatic N) is 2. The predicted octanol–water partition coefficient (Wildman–Crippen LogP) is 2.44. The molecule has 0 radical (unpaired) electrons. The van der Waals surface area contributed by atoms with Crippen LogP contribution in [0.3, 0.4) is 0 Å². The molecule has 2 aromatic rings. The van der Waals surface area contributed by atoms with Crippen molar-refractivity contribution in [1.82, 2.24) is 0 Å². The molecule has 0 saturated carbocycles. The smallest absolute Gasteiger partial charge is 0.344 e. The van der Waals surface area contributed by atoms with E-state index in [0.717, 1.165) is 0 Å². The van der Waals surface area contributed by atoms with E-state index in [1.54, 1.807) is 61.6 Å². The lowest BCUT2D eigenvalue weighted by Gasteiger charge is -2.06. The molecule has 0 atom stereocenters. The van der Waals surface area contributed by atoms with Gasteiger partial charge in [0.2, 0.25) is 0 Å². The van der Waals surface area contributed by atoms with Crippen LogP contribution >= 0.6 is 0 Å². The summed E-state index contributed by atoms with van der Waals surface area (Å²) in [4.78, 5) is 25.1. The van der Waals surface area contributed by atoms with Crippen molar-refractivity contribution in [2.45, 2.75) is 6.92 Å². The first-order valence-electron chi connectivity index (χ1n) is 8.44.